The van der Waals surface area contributed by atoms with E-state index >= 15 is 0 Å². The smallest absolute Gasteiger partial charge is 0.779 e. The molecule has 2 aromatic rings. The zero-order chi connectivity index (χ0) is 17.0. The Labute approximate surface area is 177 Å². The summed E-state index contributed by atoms with van der Waals surface area (Å²) in [7, 11) is 0. The van der Waals surface area contributed by atoms with Gasteiger partial charge >= 0.3 is 21.7 Å². The molecule has 2 aromatic carbocycles. The molecule has 0 bridgehead atoms. The van der Waals surface area contributed by atoms with Gasteiger partial charge in [-0.2, -0.15) is 9.79 Å². The van der Waals surface area contributed by atoms with E-state index in [0.29, 0.717) is 0 Å². The Morgan fingerprint density at radius 2 is 0.760 bits per heavy atom. The van der Waals surface area contributed by atoms with Crippen LogP contribution in [0.25, 0.3) is 11.1 Å². The molecule has 2 radical (unpaired) electrons. The van der Waals surface area contributed by atoms with Crippen LogP contribution in [0.3, 0.4) is 0 Å². The molecule has 25 heavy (non-hydrogen) atoms. The summed E-state index contributed by atoms with van der Waals surface area (Å²) in [6, 6.07) is 15.7. The second kappa shape index (κ2) is 12.9. The number of benzene rings is 2. The van der Waals surface area contributed by atoms with Gasteiger partial charge in [-0.05, 0) is 11.1 Å². The van der Waals surface area contributed by atoms with Gasteiger partial charge in [0.05, 0.1) is 0 Å². The minimum atomic E-state index is 0. The normalized spacial score (nSPS) is 12.6. The quantitative estimate of drug-likeness (QED) is 0.443. The third kappa shape index (κ3) is 7.98. The first-order valence-corrected chi connectivity index (χ1v) is 8.46. The maximum Gasteiger partial charge on any atom is 2.00 e. The molecular weight excluding hydrogens is 376 g/mol. The maximum atomic E-state index is 5.25. The van der Waals surface area contributed by atoms with Crippen LogP contribution in [-0.4, -0.2) is 0 Å². The zero-order valence-corrected chi connectivity index (χ0v) is 16.9. The van der Waals surface area contributed by atoms with Crippen molar-refractivity contribution >= 4 is 25.3 Å². The van der Waals surface area contributed by atoms with Gasteiger partial charge in [-0.1, -0.05) is 97.1 Å². The maximum absolute atomic E-state index is 5.25. The van der Waals surface area contributed by atoms with E-state index in [2.05, 4.69) is 0 Å². The third-order valence-electron chi connectivity index (χ3n) is 3.18. The van der Waals surface area contributed by atoms with Gasteiger partial charge in [0.1, 0.15) is 0 Å². The van der Waals surface area contributed by atoms with E-state index in [4.69, 9.17) is 25.3 Å². The van der Waals surface area contributed by atoms with Crippen LogP contribution in [0.2, 0.25) is 0 Å². The predicted octanol–water partition coefficient (Wildman–Crippen LogP) is 5.80. The van der Waals surface area contributed by atoms with Crippen molar-refractivity contribution < 1.29 is 21.7 Å². The summed E-state index contributed by atoms with van der Waals surface area (Å²) in [4.78, 5) is 1.70. The number of hydrogen-bond acceptors (Lipinski definition) is 2. The predicted molar refractivity (Wildman–Crippen MR) is 108 cm³/mol. The molecule has 0 nitrogen and oxygen atoms in total. The molecule has 0 saturated carbocycles. The molecule has 3 heteroatoms. The monoisotopic (exact) mass is 394 g/mol. The first-order chi connectivity index (χ1) is 11.8. The molecule has 122 valence electrons. The molecule has 4 rings (SSSR count). The summed E-state index contributed by atoms with van der Waals surface area (Å²) < 4.78 is 0. The minimum Gasteiger partial charge on any atom is -0.779 e. The van der Waals surface area contributed by atoms with Gasteiger partial charge in [0.25, 0.3) is 0 Å². The average molecular weight is 394 g/mol. The van der Waals surface area contributed by atoms with Crippen molar-refractivity contribution in [1.82, 2.24) is 0 Å². The minimum absolute atomic E-state index is 0. The third-order valence-corrected chi connectivity index (χ3v) is 3.89. The molecule has 0 aromatic heterocycles. The van der Waals surface area contributed by atoms with Crippen LogP contribution in [0.4, 0.5) is 0 Å². The Morgan fingerprint density at radius 1 is 0.440 bits per heavy atom. The first kappa shape index (κ1) is 21.6. The SMILES string of the molecule is [CH]1C=CC=C1.[CH]1C=CC=C1.[S-]c1ccccc1-c1ccccc1[S-].[Ti+2]. The molecule has 0 amide bonds. The van der Waals surface area contributed by atoms with Gasteiger partial charge in [0.2, 0.25) is 0 Å². The topological polar surface area (TPSA) is 0 Å². The summed E-state index contributed by atoms with van der Waals surface area (Å²) in [6.45, 7) is 0. The Morgan fingerprint density at radius 3 is 1.00 bits per heavy atom. The van der Waals surface area contributed by atoms with Crippen molar-refractivity contribution in [2.24, 2.45) is 0 Å². The van der Waals surface area contributed by atoms with Crippen LogP contribution in [0.15, 0.2) is 107 Å². The Bertz CT molecular complexity index is 673. The summed E-state index contributed by atoms with van der Waals surface area (Å²) in [5.74, 6) is 0. The van der Waals surface area contributed by atoms with Crippen molar-refractivity contribution in [2.45, 2.75) is 9.79 Å². The van der Waals surface area contributed by atoms with Crippen molar-refractivity contribution in [3.63, 3.8) is 0 Å². The molecule has 0 spiro atoms. The van der Waals surface area contributed by atoms with Gasteiger partial charge in [0.15, 0.2) is 0 Å². The van der Waals surface area contributed by atoms with Gasteiger partial charge < -0.3 is 25.3 Å². The number of allylic oxidation sites excluding steroid dienone is 8. The Balaban J connectivity index is 0.000000233. The average Bonchev–Trinajstić information content (AvgIpc) is 3.35. The summed E-state index contributed by atoms with van der Waals surface area (Å²) in [5, 5.41) is 0. The fourth-order valence-corrected chi connectivity index (χ4v) is 2.53. The standard InChI is InChI=1S/C12H10S2.2C5H5.Ti/c13-11-7-3-1-5-9(11)10-6-2-4-8-12(10)14;2*1-2-4-5-3-1;/h1-8,13-14H;2*1-5H;/q;;;+2/p-2. The Kier molecular flexibility index (Phi) is 11.1. The van der Waals surface area contributed by atoms with Crippen LogP contribution in [0.5, 0.6) is 0 Å². The van der Waals surface area contributed by atoms with Crippen molar-refractivity contribution in [2.75, 3.05) is 0 Å². The molecule has 2 aliphatic rings. The fraction of sp³-hybridized carbons (Fsp3) is 0. The van der Waals surface area contributed by atoms with Gasteiger partial charge in [-0.15, -0.1) is 0 Å². The van der Waals surface area contributed by atoms with Gasteiger partial charge in [-0.25, -0.2) is 0 Å². The molecule has 0 atom stereocenters. The molecule has 0 unspecified atom stereocenters. The second-order valence-corrected chi connectivity index (χ2v) is 5.80. The van der Waals surface area contributed by atoms with Crippen LogP contribution in [0.1, 0.15) is 0 Å². The number of rotatable bonds is 1. The molecule has 0 fully saturated rings. The van der Waals surface area contributed by atoms with Crippen molar-refractivity contribution in [3.8, 4) is 11.1 Å². The van der Waals surface area contributed by atoms with E-state index in [-0.39, 0.29) is 21.7 Å². The van der Waals surface area contributed by atoms with E-state index in [9.17, 15) is 0 Å². The first-order valence-electron chi connectivity index (χ1n) is 7.65. The zero-order valence-electron chi connectivity index (χ0n) is 13.7. The summed E-state index contributed by atoms with van der Waals surface area (Å²) in [5.41, 5.74) is 2.10. The molecule has 2 aliphatic carbocycles. The van der Waals surface area contributed by atoms with Gasteiger partial charge in [-0.3, -0.25) is 0 Å². The largest absolute Gasteiger partial charge is 2.00 e. The molecule has 0 aliphatic heterocycles. The summed E-state index contributed by atoms with van der Waals surface area (Å²) in [6.07, 6.45) is 20.0. The van der Waals surface area contributed by atoms with E-state index in [1.807, 2.05) is 110 Å². The Hall–Kier alpha value is -1.45. The van der Waals surface area contributed by atoms with E-state index in [1.165, 1.54) is 0 Å². The molecular formula is C22H18S2Ti. The van der Waals surface area contributed by atoms with Crippen LogP contribution < -0.4 is 0 Å². The van der Waals surface area contributed by atoms with E-state index in [1.54, 1.807) is 0 Å². The molecule has 0 heterocycles. The summed E-state index contributed by atoms with van der Waals surface area (Å²) >= 11 is 10.5. The van der Waals surface area contributed by atoms with Crippen LogP contribution >= 0.6 is 0 Å². The fourth-order valence-electron chi connectivity index (χ4n) is 2.02. The van der Waals surface area contributed by atoms with Gasteiger partial charge in [0, 0.05) is 12.8 Å². The molecule has 0 N–H and O–H groups in total. The van der Waals surface area contributed by atoms with Crippen molar-refractivity contribution in [1.29, 1.82) is 0 Å². The van der Waals surface area contributed by atoms with E-state index < -0.39 is 0 Å². The van der Waals surface area contributed by atoms with Crippen LogP contribution in [-0.2, 0) is 47.0 Å². The van der Waals surface area contributed by atoms with Crippen LogP contribution in [0, 0.1) is 12.8 Å². The number of hydrogen-bond donors (Lipinski definition) is 0. The second-order valence-electron chi connectivity index (χ2n) is 4.92. The van der Waals surface area contributed by atoms with Crippen molar-refractivity contribution in [3.05, 3.63) is 110 Å². The molecule has 0 saturated heterocycles. The van der Waals surface area contributed by atoms with E-state index in [0.717, 1.165) is 20.9 Å².